The van der Waals surface area contributed by atoms with Crippen molar-refractivity contribution < 1.29 is 13.2 Å². The molecule has 0 bridgehead atoms. The molecule has 3 aromatic rings. The van der Waals surface area contributed by atoms with Gasteiger partial charge in [-0.1, -0.05) is 6.07 Å². The molecule has 1 aromatic carbocycles. The van der Waals surface area contributed by atoms with Gasteiger partial charge in [0.05, 0.1) is 5.56 Å². The number of aromatic amines is 1. The number of halogens is 3. The fourth-order valence-corrected chi connectivity index (χ4v) is 3.48. The zero-order valence-electron chi connectivity index (χ0n) is 12.2. The molecule has 0 spiro atoms. The standard InChI is InChI=1S/C16H7F3N4OS/c17-16(18,19)11-6-25-12-2-1-7(3-8(11)12)13-9(4-20)14(22)23-15(24)10(13)5-21/h1-3,6H,(H3,22,23,24). The van der Waals surface area contributed by atoms with Gasteiger partial charge in [-0.3, -0.25) is 4.79 Å². The van der Waals surface area contributed by atoms with Crippen LogP contribution in [-0.2, 0) is 6.18 Å². The number of benzene rings is 1. The van der Waals surface area contributed by atoms with Crippen molar-refractivity contribution in [3.05, 3.63) is 50.6 Å². The fraction of sp³-hybridized carbons (Fsp3) is 0.0625. The van der Waals surface area contributed by atoms with Crippen LogP contribution in [0.4, 0.5) is 19.0 Å². The second-order valence-electron chi connectivity index (χ2n) is 5.07. The SMILES string of the molecule is N#Cc1c(N)[nH]c(=O)c(C#N)c1-c1ccc2scc(C(F)(F)F)c2c1. The third kappa shape index (κ3) is 2.61. The molecule has 2 aromatic heterocycles. The topological polar surface area (TPSA) is 106 Å². The number of hydrogen-bond acceptors (Lipinski definition) is 5. The highest BCUT2D eigenvalue weighted by atomic mass is 32.1. The molecule has 0 amide bonds. The zero-order chi connectivity index (χ0) is 18.4. The molecule has 0 radical (unpaired) electrons. The predicted octanol–water partition coefficient (Wildman–Crippen LogP) is 3.60. The first-order valence-corrected chi connectivity index (χ1v) is 7.60. The quantitative estimate of drug-likeness (QED) is 0.691. The number of rotatable bonds is 1. The maximum Gasteiger partial charge on any atom is 0.417 e. The molecule has 0 saturated heterocycles. The van der Waals surface area contributed by atoms with E-state index >= 15 is 0 Å². The van der Waals surface area contributed by atoms with E-state index in [1.54, 1.807) is 12.1 Å². The van der Waals surface area contributed by atoms with Crippen molar-refractivity contribution in [1.82, 2.24) is 4.98 Å². The van der Waals surface area contributed by atoms with E-state index in [9.17, 15) is 28.5 Å². The molecule has 0 atom stereocenters. The summed E-state index contributed by atoms with van der Waals surface area (Å²) in [5.41, 5.74) is 3.51. The molecule has 25 heavy (non-hydrogen) atoms. The number of thiophene rings is 1. The minimum Gasteiger partial charge on any atom is -0.384 e. The van der Waals surface area contributed by atoms with Gasteiger partial charge in [-0.2, -0.15) is 23.7 Å². The van der Waals surface area contributed by atoms with E-state index in [0.717, 1.165) is 16.7 Å². The Labute approximate surface area is 142 Å². The summed E-state index contributed by atoms with van der Waals surface area (Å²) in [7, 11) is 0. The normalized spacial score (nSPS) is 11.2. The second kappa shape index (κ2) is 5.65. The molecule has 0 aliphatic carbocycles. The van der Waals surface area contributed by atoms with Gasteiger partial charge in [0.1, 0.15) is 29.1 Å². The average Bonchev–Trinajstić information content (AvgIpc) is 2.97. The van der Waals surface area contributed by atoms with Gasteiger partial charge in [-0.25, -0.2) is 0 Å². The summed E-state index contributed by atoms with van der Waals surface area (Å²) >= 11 is 0.928. The van der Waals surface area contributed by atoms with Gasteiger partial charge in [-0.15, -0.1) is 11.3 Å². The van der Waals surface area contributed by atoms with Crippen LogP contribution in [0.1, 0.15) is 16.7 Å². The van der Waals surface area contributed by atoms with Crippen LogP contribution in [0, 0.1) is 22.7 Å². The number of fused-ring (bicyclic) bond motifs is 1. The Morgan fingerprint density at radius 3 is 2.44 bits per heavy atom. The van der Waals surface area contributed by atoms with E-state index < -0.39 is 17.3 Å². The molecule has 3 rings (SSSR count). The van der Waals surface area contributed by atoms with Crippen LogP contribution in [0.5, 0.6) is 0 Å². The molecule has 0 unspecified atom stereocenters. The number of anilines is 1. The van der Waals surface area contributed by atoms with Crippen molar-refractivity contribution in [3.8, 4) is 23.3 Å². The number of nitriles is 2. The van der Waals surface area contributed by atoms with Crippen LogP contribution in [0.2, 0.25) is 0 Å². The largest absolute Gasteiger partial charge is 0.417 e. The first-order valence-electron chi connectivity index (χ1n) is 6.72. The first kappa shape index (κ1) is 16.6. The molecule has 0 saturated carbocycles. The van der Waals surface area contributed by atoms with E-state index in [0.29, 0.717) is 4.70 Å². The Hall–Kier alpha value is -3.30. The van der Waals surface area contributed by atoms with Gasteiger partial charge in [-0.05, 0) is 17.7 Å². The van der Waals surface area contributed by atoms with Crippen LogP contribution >= 0.6 is 11.3 Å². The van der Waals surface area contributed by atoms with Crippen molar-refractivity contribution in [2.24, 2.45) is 0 Å². The average molecular weight is 360 g/mol. The molecule has 0 aliphatic rings. The number of nitrogens with zero attached hydrogens (tertiary/aromatic N) is 2. The predicted molar refractivity (Wildman–Crippen MR) is 86.7 cm³/mol. The van der Waals surface area contributed by atoms with E-state index in [1.807, 2.05) is 0 Å². The van der Waals surface area contributed by atoms with Crippen molar-refractivity contribution in [1.29, 1.82) is 10.5 Å². The lowest BCUT2D eigenvalue weighted by molar-refractivity contribution is -0.136. The number of alkyl halides is 3. The summed E-state index contributed by atoms with van der Waals surface area (Å²) in [6, 6.07) is 7.58. The van der Waals surface area contributed by atoms with E-state index in [-0.39, 0.29) is 33.5 Å². The van der Waals surface area contributed by atoms with Crippen molar-refractivity contribution in [2.75, 3.05) is 5.73 Å². The molecule has 0 fully saturated rings. The van der Waals surface area contributed by atoms with Gasteiger partial charge >= 0.3 is 6.18 Å². The lowest BCUT2D eigenvalue weighted by Gasteiger charge is -2.10. The molecule has 0 aliphatic heterocycles. The highest BCUT2D eigenvalue weighted by Gasteiger charge is 2.33. The Balaban J connectivity index is 2.41. The highest BCUT2D eigenvalue weighted by molar-refractivity contribution is 7.17. The monoisotopic (exact) mass is 360 g/mol. The van der Waals surface area contributed by atoms with Gasteiger partial charge in [0.25, 0.3) is 5.56 Å². The smallest absolute Gasteiger partial charge is 0.384 e. The lowest BCUT2D eigenvalue weighted by atomic mass is 9.95. The molecule has 2 heterocycles. The summed E-state index contributed by atoms with van der Waals surface area (Å²) in [5.74, 6) is -0.247. The maximum atomic E-state index is 13.1. The summed E-state index contributed by atoms with van der Waals surface area (Å²) in [6.45, 7) is 0. The summed E-state index contributed by atoms with van der Waals surface area (Å²) in [6.07, 6.45) is -4.54. The molecule has 5 nitrogen and oxygen atoms in total. The van der Waals surface area contributed by atoms with E-state index in [4.69, 9.17) is 5.73 Å². The van der Waals surface area contributed by atoms with Crippen LogP contribution in [0.15, 0.2) is 28.4 Å². The van der Waals surface area contributed by atoms with Crippen molar-refractivity contribution >= 4 is 27.2 Å². The van der Waals surface area contributed by atoms with E-state index in [1.165, 1.54) is 18.2 Å². The highest BCUT2D eigenvalue weighted by Crippen LogP contribution is 2.40. The Bertz CT molecular complexity index is 1150. The number of nitrogens with one attached hydrogen (secondary N) is 1. The molecular formula is C16H7F3N4OS. The molecular weight excluding hydrogens is 353 g/mol. The number of H-pyrrole nitrogens is 1. The van der Waals surface area contributed by atoms with Crippen molar-refractivity contribution in [3.63, 3.8) is 0 Å². The maximum absolute atomic E-state index is 13.1. The Kier molecular flexibility index (Phi) is 3.74. The van der Waals surface area contributed by atoms with Gasteiger partial charge in [0.2, 0.25) is 0 Å². The number of hydrogen-bond donors (Lipinski definition) is 2. The second-order valence-corrected chi connectivity index (χ2v) is 5.99. The minimum absolute atomic E-state index is 0.0679. The minimum atomic E-state index is -4.54. The Morgan fingerprint density at radius 1 is 1.16 bits per heavy atom. The molecule has 124 valence electrons. The summed E-state index contributed by atoms with van der Waals surface area (Å²) in [4.78, 5) is 14.1. The van der Waals surface area contributed by atoms with E-state index in [2.05, 4.69) is 4.98 Å². The van der Waals surface area contributed by atoms with Gasteiger partial charge < -0.3 is 10.7 Å². The first-order chi connectivity index (χ1) is 11.8. The fourth-order valence-electron chi connectivity index (χ4n) is 2.54. The van der Waals surface area contributed by atoms with Crippen LogP contribution in [0.25, 0.3) is 21.2 Å². The van der Waals surface area contributed by atoms with Gasteiger partial charge in [0, 0.05) is 21.0 Å². The molecule has 3 N–H and O–H groups in total. The van der Waals surface area contributed by atoms with Crippen molar-refractivity contribution in [2.45, 2.75) is 6.18 Å². The van der Waals surface area contributed by atoms with Crippen LogP contribution in [0.3, 0.4) is 0 Å². The summed E-state index contributed by atoms with van der Waals surface area (Å²) < 4.78 is 39.8. The lowest BCUT2D eigenvalue weighted by Crippen LogP contribution is -2.16. The Morgan fingerprint density at radius 2 is 1.84 bits per heavy atom. The number of nitrogens with two attached hydrogens (primary N) is 1. The van der Waals surface area contributed by atoms with Gasteiger partial charge in [0.15, 0.2) is 0 Å². The zero-order valence-corrected chi connectivity index (χ0v) is 13.0. The van der Waals surface area contributed by atoms with Crippen LogP contribution < -0.4 is 11.3 Å². The third-order valence-corrected chi connectivity index (χ3v) is 4.60. The number of aromatic nitrogens is 1. The van der Waals surface area contributed by atoms with Crippen LogP contribution in [-0.4, -0.2) is 4.98 Å². The number of nitrogen functional groups attached to an aromatic ring is 1. The third-order valence-electron chi connectivity index (χ3n) is 3.64. The summed E-state index contributed by atoms with van der Waals surface area (Å²) in [5, 5.41) is 19.4. The number of pyridine rings is 1. The molecule has 9 heteroatoms.